The predicted molar refractivity (Wildman–Crippen MR) is 109 cm³/mol. The molecule has 1 aromatic carbocycles. The van der Waals surface area contributed by atoms with Crippen molar-refractivity contribution in [3.8, 4) is 5.75 Å². The Labute approximate surface area is 163 Å². The molecule has 0 radical (unpaired) electrons. The van der Waals surface area contributed by atoms with Crippen LogP contribution in [-0.2, 0) is 4.79 Å². The van der Waals surface area contributed by atoms with Gasteiger partial charge < -0.3 is 15.8 Å². The van der Waals surface area contributed by atoms with Gasteiger partial charge in [0.25, 0.3) is 0 Å². The van der Waals surface area contributed by atoms with Crippen molar-refractivity contribution in [2.45, 2.75) is 64.0 Å². The molecule has 3 N–H and O–H groups in total. The summed E-state index contributed by atoms with van der Waals surface area (Å²) in [4.78, 5) is 14.7. The van der Waals surface area contributed by atoms with E-state index in [1.807, 2.05) is 31.2 Å². The van der Waals surface area contributed by atoms with Crippen LogP contribution in [0.5, 0.6) is 5.75 Å². The van der Waals surface area contributed by atoms with Crippen LogP contribution in [-0.4, -0.2) is 43.1 Å². The third kappa shape index (κ3) is 6.82. The van der Waals surface area contributed by atoms with Crippen molar-refractivity contribution >= 4 is 5.91 Å². The van der Waals surface area contributed by atoms with Crippen LogP contribution < -0.4 is 15.8 Å². The molecule has 1 unspecified atom stereocenters. The van der Waals surface area contributed by atoms with Gasteiger partial charge in [-0.2, -0.15) is 0 Å². The van der Waals surface area contributed by atoms with Crippen molar-refractivity contribution in [3.05, 3.63) is 29.8 Å². The lowest BCUT2D eigenvalue weighted by atomic mass is 10.1. The summed E-state index contributed by atoms with van der Waals surface area (Å²) in [5, 5.41) is 3.03. The molecule has 1 aromatic rings. The Hall–Kier alpha value is -1.59. The van der Waals surface area contributed by atoms with Gasteiger partial charge in [0.05, 0.1) is 12.1 Å². The van der Waals surface area contributed by atoms with E-state index in [4.69, 9.17) is 10.5 Å². The first-order valence-electron chi connectivity index (χ1n) is 10.6. The van der Waals surface area contributed by atoms with Gasteiger partial charge in [0.15, 0.2) is 0 Å². The van der Waals surface area contributed by atoms with Crippen molar-refractivity contribution in [1.29, 1.82) is 0 Å². The van der Waals surface area contributed by atoms with Gasteiger partial charge in [-0.25, -0.2) is 0 Å². The molecule has 2 fully saturated rings. The number of carbonyl (C=O) groups excluding carboxylic acids is 1. The smallest absolute Gasteiger partial charge is 0.237 e. The predicted octanol–water partition coefficient (Wildman–Crippen LogP) is 3.25. The number of rotatable bonds is 10. The molecule has 1 saturated carbocycles. The lowest BCUT2D eigenvalue weighted by Gasteiger charge is -2.26. The summed E-state index contributed by atoms with van der Waals surface area (Å²) in [7, 11) is 0. The zero-order valence-corrected chi connectivity index (χ0v) is 16.7. The Morgan fingerprint density at radius 2 is 1.93 bits per heavy atom. The van der Waals surface area contributed by atoms with Crippen LogP contribution in [0.3, 0.4) is 0 Å². The highest BCUT2D eigenvalue weighted by Crippen LogP contribution is 2.33. The van der Waals surface area contributed by atoms with Gasteiger partial charge >= 0.3 is 0 Å². The third-order valence-corrected chi connectivity index (χ3v) is 5.78. The number of nitrogens with two attached hydrogens (primary N) is 1. The van der Waals surface area contributed by atoms with Crippen LogP contribution in [0.25, 0.3) is 0 Å². The van der Waals surface area contributed by atoms with E-state index in [1.54, 1.807) is 0 Å². The van der Waals surface area contributed by atoms with Gasteiger partial charge in [0.1, 0.15) is 12.4 Å². The topological polar surface area (TPSA) is 67.6 Å². The lowest BCUT2D eigenvalue weighted by Crippen LogP contribution is -2.41. The van der Waals surface area contributed by atoms with E-state index in [0.717, 1.165) is 43.2 Å². The second-order valence-electron chi connectivity index (χ2n) is 8.18. The van der Waals surface area contributed by atoms with Crippen LogP contribution in [0.4, 0.5) is 0 Å². The first-order chi connectivity index (χ1) is 13.1. The largest absolute Gasteiger partial charge is 0.492 e. The second kappa shape index (κ2) is 10.1. The molecule has 2 atom stereocenters. The van der Waals surface area contributed by atoms with Crippen molar-refractivity contribution in [2.24, 2.45) is 11.7 Å². The van der Waals surface area contributed by atoms with Gasteiger partial charge in [-0.15, -0.1) is 0 Å². The number of likely N-dealkylation sites (tertiary alicyclic amines) is 1. The molecule has 3 rings (SSSR count). The SMILES string of the molecule is CC(NC(=O)[C@@H](N)CCC1CC1)c1ccc(OCCN2CCCCC2)cc1. The molecule has 1 amide bonds. The molecular formula is C22H35N3O2. The van der Waals surface area contributed by atoms with Gasteiger partial charge in [0.2, 0.25) is 5.91 Å². The molecule has 150 valence electrons. The first kappa shape index (κ1) is 20.2. The minimum absolute atomic E-state index is 0.0492. The quantitative estimate of drug-likeness (QED) is 0.661. The highest BCUT2D eigenvalue weighted by Gasteiger charge is 2.24. The first-order valence-corrected chi connectivity index (χ1v) is 10.6. The van der Waals surface area contributed by atoms with Crippen LogP contribution in [0.15, 0.2) is 24.3 Å². The zero-order valence-electron chi connectivity index (χ0n) is 16.7. The highest BCUT2D eigenvalue weighted by atomic mass is 16.5. The molecule has 5 nitrogen and oxygen atoms in total. The minimum atomic E-state index is -0.398. The van der Waals surface area contributed by atoms with Gasteiger partial charge in [0, 0.05) is 6.54 Å². The molecule has 0 bridgehead atoms. The summed E-state index contributed by atoms with van der Waals surface area (Å²) < 4.78 is 5.87. The van der Waals surface area contributed by atoms with E-state index < -0.39 is 6.04 Å². The Morgan fingerprint density at radius 3 is 2.59 bits per heavy atom. The Balaban J connectivity index is 1.38. The summed E-state index contributed by atoms with van der Waals surface area (Å²) in [5.41, 5.74) is 7.09. The van der Waals surface area contributed by atoms with E-state index in [-0.39, 0.29) is 11.9 Å². The number of nitrogens with one attached hydrogen (secondary N) is 1. The van der Waals surface area contributed by atoms with Crippen LogP contribution in [0, 0.1) is 5.92 Å². The average Bonchev–Trinajstić information content (AvgIpc) is 3.52. The molecule has 0 aromatic heterocycles. The molecule has 1 heterocycles. The third-order valence-electron chi connectivity index (χ3n) is 5.78. The molecule has 2 aliphatic rings. The maximum Gasteiger partial charge on any atom is 0.237 e. The van der Waals surface area contributed by atoms with Crippen molar-refractivity contribution < 1.29 is 9.53 Å². The summed E-state index contributed by atoms with van der Waals surface area (Å²) in [6.07, 6.45) is 8.44. The summed E-state index contributed by atoms with van der Waals surface area (Å²) in [6, 6.07) is 7.58. The number of benzene rings is 1. The zero-order chi connectivity index (χ0) is 19.1. The minimum Gasteiger partial charge on any atom is -0.492 e. The fourth-order valence-electron chi connectivity index (χ4n) is 3.68. The van der Waals surface area contributed by atoms with Crippen molar-refractivity contribution in [2.75, 3.05) is 26.2 Å². The number of nitrogens with zero attached hydrogens (tertiary/aromatic N) is 1. The highest BCUT2D eigenvalue weighted by molar-refractivity contribution is 5.81. The fraction of sp³-hybridized carbons (Fsp3) is 0.682. The monoisotopic (exact) mass is 373 g/mol. The standard InChI is InChI=1S/C22H35N3O2/c1-17(24-22(26)21(23)12-7-18-5-6-18)19-8-10-20(11-9-19)27-16-15-25-13-3-2-4-14-25/h8-11,17-18,21H,2-7,12-16,23H2,1H3,(H,24,26)/t17?,21-/m0/s1. The van der Waals surface area contributed by atoms with Crippen LogP contribution in [0.2, 0.25) is 0 Å². The van der Waals surface area contributed by atoms with E-state index in [2.05, 4.69) is 10.2 Å². The number of amides is 1. The molecule has 1 aliphatic heterocycles. The van der Waals surface area contributed by atoms with E-state index in [1.165, 1.54) is 45.2 Å². The number of carbonyl (C=O) groups is 1. The molecule has 0 spiro atoms. The van der Waals surface area contributed by atoms with E-state index in [9.17, 15) is 4.79 Å². The molecule has 5 heteroatoms. The molecule has 1 saturated heterocycles. The maximum absolute atomic E-state index is 12.3. The second-order valence-corrected chi connectivity index (χ2v) is 8.18. The summed E-state index contributed by atoms with van der Waals surface area (Å²) in [6.45, 7) is 6.11. The number of hydrogen-bond acceptors (Lipinski definition) is 4. The van der Waals surface area contributed by atoms with Gasteiger partial charge in [-0.3, -0.25) is 9.69 Å². The normalized spacial score (nSPS) is 20.1. The van der Waals surface area contributed by atoms with Crippen molar-refractivity contribution in [3.63, 3.8) is 0 Å². The Kier molecular flexibility index (Phi) is 7.53. The molecule has 27 heavy (non-hydrogen) atoms. The lowest BCUT2D eigenvalue weighted by molar-refractivity contribution is -0.123. The summed E-state index contributed by atoms with van der Waals surface area (Å²) in [5.74, 6) is 1.64. The Morgan fingerprint density at radius 1 is 1.22 bits per heavy atom. The van der Waals surface area contributed by atoms with E-state index >= 15 is 0 Å². The van der Waals surface area contributed by atoms with Crippen LogP contribution in [0.1, 0.15) is 63.5 Å². The number of hydrogen-bond donors (Lipinski definition) is 2. The van der Waals surface area contributed by atoms with Crippen LogP contribution >= 0.6 is 0 Å². The molecular weight excluding hydrogens is 338 g/mol. The van der Waals surface area contributed by atoms with Gasteiger partial charge in [-0.1, -0.05) is 31.4 Å². The Bertz CT molecular complexity index is 580. The number of ether oxygens (including phenoxy) is 1. The fourth-order valence-corrected chi connectivity index (χ4v) is 3.68. The molecule has 1 aliphatic carbocycles. The van der Waals surface area contributed by atoms with Crippen molar-refractivity contribution in [1.82, 2.24) is 10.2 Å². The average molecular weight is 374 g/mol. The summed E-state index contributed by atoms with van der Waals surface area (Å²) >= 11 is 0. The maximum atomic E-state index is 12.3. The number of piperidine rings is 1. The van der Waals surface area contributed by atoms with E-state index in [0.29, 0.717) is 0 Å². The van der Waals surface area contributed by atoms with Gasteiger partial charge in [-0.05, 0) is 69.3 Å².